The van der Waals surface area contributed by atoms with Gasteiger partial charge in [-0.15, -0.1) is 0 Å². The Hall–Kier alpha value is -2.28. The number of nitrogens with one attached hydrogen (secondary N) is 1. The first-order valence-electron chi connectivity index (χ1n) is 9.00. The van der Waals surface area contributed by atoms with E-state index in [1.165, 1.54) is 7.11 Å². The quantitative estimate of drug-likeness (QED) is 0.795. The average Bonchev–Trinajstić information content (AvgIpc) is 3.05. The van der Waals surface area contributed by atoms with Gasteiger partial charge in [-0.1, -0.05) is 0 Å². The van der Waals surface area contributed by atoms with Crippen LogP contribution in [-0.2, 0) is 16.0 Å². The van der Waals surface area contributed by atoms with Crippen LogP contribution in [0.2, 0.25) is 0 Å². The van der Waals surface area contributed by atoms with E-state index in [-0.39, 0.29) is 18.5 Å². The molecule has 0 radical (unpaired) electrons. The summed E-state index contributed by atoms with van der Waals surface area (Å²) in [6, 6.07) is 4.02. The molecule has 0 spiro atoms. The van der Waals surface area contributed by atoms with E-state index in [0.29, 0.717) is 19.3 Å². The molecule has 0 saturated heterocycles. The van der Waals surface area contributed by atoms with E-state index in [1.807, 2.05) is 26.0 Å². The second-order valence-electron chi connectivity index (χ2n) is 7.27. The van der Waals surface area contributed by atoms with Gasteiger partial charge in [-0.05, 0) is 51.7 Å². The molecule has 0 aromatic carbocycles. The van der Waals surface area contributed by atoms with Crippen LogP contribution in [0.15, 0.2) is 12.1 Å². The third-order valence-corrected chi connectivity index (χ3v) is 5.30. The lowest BCUT2D eigenvalue weighted by Gasteiger charge is -2.36. The Morgan fingerprint density at radius 2 is 2.04 bits per heavy atom. The first-order chi connectivity index (χ1) is 12.5. The Kier molecular flexibility index (Phi) is 5.36. The Morgan fingerprint density at radius 3 is 2.62 bits per heavy atom. The van der Waals surface area contributed by atoms with Crippen molar-refractivity contribution >= 4 is 5.97 Å². The van der Waals surface area contributed by atoms with Gasteiger partial charge < -0.3 is 9.84 Å². The van der Waals surface area contributed by atoms with Crippen LogP contribution in [0.4, 0.5) is 0 Å². The van der Waals surface area contributed by atoms with Gasteiger partial charge in [-0.3, -0.25) is 9.89 Å². The number of aromatic amines is 1. The van der Waals surface area contributed by atoms with Gasteiger partial charge in [0.1, 0.15) is 5.82 Å². The number of aromatic nitrogens is 4. The molecule has 0 atom stereocenters. The molecule has 3 rings (SSSR count). The first kappa shape index (κ1) is 18.5. The fourth-order valence-corrected chi connectivity index (χ4v) is 3.78. The molecule has 1 saturated carbocycles. The van der Waals surface area contributed by atoms with Crippen molar-refractivity contribution in [3.8, 4) is 0 Å². The third kappa shape index (κ3) is 3.77. The molecular formula is C19H26N4O3. The molecule has 0 unspecified atom stereocenters. The number of hydrogen-bond acceptors (Lipinski definition) is 6. The van der Waals surface area contributed by atoms with Crippen LogP contribution in [0.3, 0.4) is 0 Å². The van der Waals surface area contributed by atoms with E-state index in [2.05, 4.69) is 15.2 Å². The molecule has 0 bridgehead atoms. The number of methoxy groups -OCH3 is 1. The number of carbonyl (C=O) groups excluding carboxylic acids is 1. The van der Waals surface area contributed by atoms with E-state index in [4.69, 9.17) is 9.72 Å². The van der Waals surface area contributed by atoms with Gasteiger partial charge in [-0.2, -0.15) is 5.10 Å². The summed E-state index contributed by atoms with van der Waals surface area (Å²) in [7, 11) is 1.38. The van der Waals surface area contributed by atoms with Gasteiger partial charge in [0.15, 0.2) is 0 Å². The van der Waals surface area contributed by atoms with Crippen LogP contribution in [0.5, 0.6) is 0 Å². The molecule has 2 aromatic rings. The summed E-state index contributed by atoms with van der Waals surface area (Å²) in [5.74, 6) is 0.714. The molecule has 0 amide bonds. The standard InChI is InChI=1S/C19H26N4O3/c1-12-9-16(21-17(20-12)10-15-8-13(2)22-23-15)14-4-6-19(11-24,7-5-14)18(25)26-3/h8-9,14,24H,4-7,10-11H2,1-3H3,(H,22,23). The number of nitrogens with zero attached hydrogens (tertiary/aromatic N) is 3. The number of H-pyrrole nitrogens is 1. The zero-order chi connectivity index (χ0) is 18.7. The van der Waals surface area contributed by atoms with Gasteiger partial charge in [0.05, 0.1) is 31.2 Å². The molecule has 2 aromatic heterocycles. The number of aryl methyl sites for hydroxylation is 2. The van der Waals surface area contributed by atoms with E-state index < -0.39 is 5.41 Å². The van der Waals surface area contributed by atoms with Crippen LogP contribution >= 0.6 is 0 Å². The van der Waals surface area contributed by atoms with Crippen molar-refractivity contribution < 1.29 is 14.6 Å². The van der Waals surface area contributed by atoms with Crippen molar-refractivity contribution in [1.82, 2.24) is 20.2 Å². The number of aliphatic hydroxyl groups excluding tert-OH is 1. The van der Waals surface area contributed by atoms with Gasteiger partial charge in [0.2, 0.25) is 0 Å². The Bertz CT molecular complexity index is 779. The number of carbonyl (C=O) groups is 1. The monoisotopic (exact) mass is 358 g/mol. The Balaban J connectivity index is 1.75. The molecule has 1 aliphatic carbocycles. The largest absolute Gasteiger partial charge is 0.469 e. The summed E-state index contributed by atoms with van der Waals surface area (Å²) in [5, 5.41) is 16.9. The van der Waals surface area contributed by atoms with Gasteiger partial charge in [0, 0.05) is 23.0 Å². The highest BCUT2D eigenvalue weighted by atomic mass is 16.5. The lowest BCUT2D eigenvalue weighted by atomic mass is 9.70. The van der Waals surface area contributed by atoms with Gasteiger partial charge >= 0.3 is 5.97 Å². The molecule has 7 nitrogen and oxygen atoms in total. The normalized spacial score (nSPS) is 23.0. The van der Waals surface area contributed by atoms with Crippen LogP contribution in [-0.4, -0.2) is 45.0 Å². The van der Waals surface area contributed by atoms with Crippen molar-refractivity contribution in [2.24, 2.45) is 5.41 Å². The SMILES string of the molecule is COC(=O)C1(CO)CCC(c2cc(C)nc(Cc3cc(C)[nH]n3)n2)CC1. The van der Waals surface area contributed by atoms with Crippen molar-refractivity contribution in [2.75, 3.05) is 13.7 Å². The number of hydrogen-bond donors (Lipinski definition) is 2. The number of aliphatic hydroxyl groups is 1. The minimum absolute atomic E-state index is 0.168. The second-order valence-corrected chi connectivity index (χ2v) is 7.27. The molecule has 7 heteroatoms. The van der Waals surface area contributed by atoms with E-state index >= 15 is 0 Å². The fourth-order valence-electron chi connectivity index (χ4n) is 3.78. The van der Waals surface area contributed by atoms with Crippen LogP contribution < -0.4 is 0 Å². The maximum absolute atomic E-state index is 12.1. The number of esters is 1. The molecule has 0 aliphatic heterocycles. The maximum atomic E-state index is 12.1. The number of rotatable bonds is 5. The summed E-state index contributed by atoms with van der Waals surface area (Å²) in [5.41, 5.74) is 3.12. The highest BCUT2D eigenvalue weighted by molar-refractivity contribution is 5.77. The number of ether oxygens (including phenoxy) is 1. The molecule has 1 fully saturated rings. The summed E-state index contributed by atoms with van der Waals surface area (Å²) in [6.45, 7) is 3.77. The average molecular weight is 358 g/mol. The lowest BCUT2D eigenvalue weighted by molar-refractivity contribution is -0.158. The van der Waals surface area contributed by atoms with E-state index in [9.17, 15) is 9.90 Å². The summed E-state index contributed by atoms with van der Waals surface area (Å²) in [4.78, 5) is 21.4. The van der Waals surface area contributed by atoms with Crippen molar-refractivity contribution in [3.05, 3.63) is 40.7 Å². The highest BCUT2D eigenvalue weighted by Crippen LogP contribution is 2.43. The second kappa shape index (κ2) is 7.53. The topological polar surface area (TPSA) is 101 Å². The highest BCUT2D eigenvalue weighted by Gasteiger charge is 2.43. The lowest BCUT2D eigenvalue weighted by Crippen LogP contribution is -2.39. The maximum Gasteiger partial charge on any atom is 0.314 e. The molecule has 140 valence electrons. The Labute approximate surface area is 153 Å². The van der Waals surface area contributed by atoms with Crippen LogP contribution in [0, 0.1) is 19.3 Å². The molecule has 1 aliphatic rings. The van der Waals surface area contributed by atoms with Crippen LogP contribution in [0.1, 0.15) is 60.2 Å². The summed E-state index contributed by atoms with van der Waals surface area (Å²) in [6.07, 6.45) is 3.41. The zero-order valence-electron chi connectivity index (χ0n) is 15.6. The molecule has 2 N–H and O–H groups in total. The van der Waals surface area contributed by atoms with E-state index in [0.717, 1.165) is 41.4 Å². The molecular weight excluding hydrogens is 332 g/mol. The Morgan fingerprint density at radius 1 is 1.31 bits per heavy atom. The minimum atomic E-state index is -0.761. The summed E-state index contributed by atoms with van der Waals surface area (Å²) < 4.78 is 4.90. The first-order valence-corrected chi connectivity index (χ1v) is 9.00. The minimum Gasteiger partial charge on any atom is -0.469 e. The molecule has 2 heterocycles. The molecule has 26 heavy (non-hydrogen) atoms. The predicted molar refractivity (Wildman–Crippen MR) is 95.6 cm³/mol. The third-order valence-electron chi connectivity index (χ3n) is 5.30. The smallest absolute Gasteiger partial charge is 0.314 e. The summed E-state index contributed by atoms with van der Waals surface area (Å²) >= 11 is 0. The fraction of sp³-hybridized carbons (Fsp3) is 0.579. The van der Waals surface area contributed by atoms with E-state index in [1.54, 1.807) is 0 Å². The zero-order valence-corrected chi connectivity index (χ0v) is 15.6. The van der Waals surface area contributed by atoms with Gasteiger partial charge in [0.25, 0.3) is 0 Å². The van der Waals surface area contributed by atoms with Crippen LogP contribution in [0.25, 0.3) is 0 Å². The van der Waals surface area contributed by atoms with Crippen molar-refractivity contribution in [1.29, 1.82) is 0 Å². The van der Waals surface area contributed by atoms with Crippen molar-refractivity contribution in [2.45, 2.75) is 51.9 Å². The predicted octanol–water partition coefficient (Wildman–Crippen LogP) is 2.22. The van der Waals surface area contributed by atoms with Gasteiger partial charge in [-0.25, -0.2) is 9.97 Å². The van der Waals surface area contributed by atoms with Crippen molar-refractivity contribution in [3.63, 3.8) is 0 Å².